The van der Waals surface area contributed by atoms with E-state index in [1.807, 2.05) is 0 Å². The van der Waals surface area contributed by atoms with Crippen LogP contribution in [0.3, 0.4) is 0 Å². The zero-order chi connectivity index (χ0) is 23.1. The highest BCUT2D eigenvalue weighted by atomic mass is 35.5. The number of carbonyl (C=O) groups excluding carboxylic acids is 3. The Morgan fingerprint density at radius 2 is 1.94 bits per heavy atom. The summed E-state index contributed by atoms with van der Waals surface area (Å²) in [6.45, 7) is 2.51. The molecule has 1 saturated heterocycles. The Hall–Kier alpha value is -3.49. The number of nitrogens with one attached hydrogen (secondary N) is 1. The molecule has 0 aliphatic carbocycles. The molecule has 3 aromatic rings. The van der Waals surface area contributed by atoms with Crippen molar-refractivity contribution >= 4 is 35.0 Å². The minimum atomic E-state index is -0.461. The molecule has 2 aliphatic rings. The van der Waals surface area contributed by atoms with Gasteiger partial charge in [0, 0.05) is 17.9 Å². The normalized spacial score (nSPS) is 17.5. The highest BCUT2D eigenvalue weighted by molar-refractivity contribution is 6.33. The van der Waals surface area contributed by atoms with Gasteiger partial charge in [0.1, 0.15) is 17.0 Å². The predicted molar refractivity (Wildman–Crippen MR) is 120 cm³/mol. The van der Waals surface area contributed by atoms with Crippen molar-refractivity contribution in [2.45, 2.75) is 25.9 Å². The molecule has 8 nitrogen and oxygen atoms in total. The van der Waals surface area contributed by atoms with Crippen LogP contribution in [0.15, 0.2) is 47.0 Å². The van der Waals surface area contributed by atoms with Gasteiger partial charge in [-0.1, -0.05) is 35.0 Å². The molecule has 2 aliphatic heterocycles. The quantitative estimate of drug-likeness (QED) is 0.563. The minimum absolute atomic E-state index is 0.133. The molecular weight excluding hydrogens is 446 g/mol. The maximum Gasteiger partial charge on any atom is 0.261 e. The Morgan fingerprint density at radius 1 is 1.15 bits per heavy atom. The van der Waals surface area contributed by atoms with Crippen molar-refractivity contribution in [1.29, 1.82) is 0 Å². The van der Waals surface area contributed by atoms with Gasteiger partial charge in [0.2, 0.25) is 0 Å². The van der Waals surface area contributed by atoms with Crippen LogP contribution in [-0.4, -0.2) is 47.0 Å². The first-order valence-electron chi connectivity index (χ1n) is 10.6. The second-order valence-corrected chi connectivity index (χ2v) is 8.42. The number of ether oxygens (including phenoxy) is 1. The number of halogens is 1. The molecule has 0 radical (unpaired) electrons. The largest absolute Gasteiger partial charge is 0.376 e. The average molecular weight is 466 g/mol. The zero-order valence-corrected chi connectivity index (χ0v) is 18.5. The van der Waals surface area contributed by atoms with Gasteiger partial charge in [-0.05, 0) is 44.0 Å². The number of fused-ring (bicyclic) bond motifs is 1. The SMILES string of the molecule is Cc1onc(-c2ccccc2Cl)c1C(=O)Nc1ccc2c(c1)C(=O)N(CC1CCCO1)C2=O. The average Bonchev–Trinajstić information content (AvgIpc) is 3.51. The van der Waals surface area contributed by atoms with Crippen molar-refractivity contribution in [3.05, 3.63) is 69.9 Å². The van der Waals surface area contributed by atoms with Crippen molar-refractivity contribution in [1.82, 2.24) is 10.1 Å². The number of rotatable bonds is 5. The topological polar surface area (TPSA) is 102 Å². The van der Waals surface area contributed by atoms with Crippen LogP contribution < -0.4 is 5.32 Å². The predicted octanol–water partition coefficient (Wildman–Crippen LogP) is 4.33. The summed E-state index contributed by atoms with van der Waals surface area (Å²) in [5, 5.41) is 7.23. The van der Waals surface area contributed by atoms with Crippen LogP contribution in [0.25, 0.3) is 11.3 Å². The molecule has 1 aromatic heterocycles. The van der Waals surface area contributed by atoms with Gasteiger partial charge < -0.3 is 14.6 Å². The van der Waals surface area contributed by atoms with Gasteiger partial charge in [-0.2, -0.15) is 0 Å². The number of aryl methyl sites for hydroxylation is 1. The smallest absolute Gasteiger partial charge is 0.261 e. The molecule has 33 heavy (non-hydrogen) atoms. The molecule has 1 fully saturated rings. The van der Waals surface area contributed by atoms with Crippen molar-refractivity contribution in [2.75, 3.05) is 18.5 Å². The maximum atomic E-state index is 13.1. The van der Waals surface area contributed by atoms with E-state index in [4.69, 9.17) is 20.9 Å². The summed E-state index contributed by atoms with van der Waals surface area (Å²) >= 11 is 6.28. The molecule has 2 aromatic carbocycles. The number of nitrogens with zero attached hydrogens (tertiary/aromatic N) is 2. The highest BCUT2D eigenvalue weighted by Crippen LogP contribution is 2.32. The molecule has 0 bridgehead atoms. The van der Waals surface area contributed by atoms with Gasteiger partial charge in [-0.25, -0.2) is 0 Å². The third-order valence-electron chi connectivity index (χ3n) is 5.86. The molecule has 1 unspecified atom stereocenters. The van der Waals surface area contributed by atoms with Crippen LogP contribution in [0.4, 0.5) is 5.69 Å². The first-order valence-corrected chi connectivity index (χ1v) is 11.0. The van der Waals surface area contributed by atoms with Gasteiger partial charge in [-0.15, -0.1) is 0 Å². The van der Waals surface area contributed by atoms with E-state index in [1.165, 1.54) is 11.0 Å². The first-order chi connectivity index (χ1) is 15.9. The van der Waals surface area contributed by atoms with Crippen molar-refractivity contribution < 1.29 is 23.6 Å². The van der Waals surface area contributed by atoms with Crippen molar-refractivity contribution in [3.63, 3.8) is 0 Å². The molecule has 0 saturated carbocycles. The van der Waals surface area contributed by atoms with E-state index in [0.29, 0.717) is 39.9 Å². The van der Waals surface area contributed by atoms with Crippen LogP contribution in [0.1, 0.15) is 49.7 Å². The van der Waals surface area contributed by atoms with Crippen molar-refractivity contribution in [3.8, 4) is 11.3 Å². The standard InChI is InChI=1S/C24H20ClN3O5/c1-13-20(21(27-33-13)17-6-2-3-7-19(17)25)22(29)26-14-8-9-16-18(11-14)24(31)28(23(16)30)12-15-5-4-10-32-15/h2-3,6-9,11,15H,4-5,10,12H2,1H3,(H,26,29). The van der Waals surface area contributed by atoms with Gasteiger partial charge in [0.05, 0.1) is 28.8 Å². The lowest BCUT2D eigenvalue weighted by Gasteiger charge is -2.17. The molecule has 9 heteroatoms. The zero-order valence-electron chi connectivity index (χ0n) is 17.8. The lowest BCUT2D eigenvalue weighted by molar-refractivity contribution is 0.0475. The summed E-state index contributed by atoms with van der Waals surface area (Å²) in [6, 6.07) is 11.7. The van der Waals surface area contributed by atoms with E-state index >= 15 is 0 Å². The number of hydrogen-bond acceptors (Lipinski definition) is 6. The summed E-state index contributed by atoms with van der Waals surface area (Å²) in [6.07, 6.45) is 1.61. The van der Waals surface area contributed by atoms with E-state index in [1.54, 1.807) is 43.3 Å². The monoisotopic (exact) mass is 465 g/mol. The summed E-state index contributed by atoms with van der Waals surface area (Å²) in [7, 11) is 0. The van der Waals surface area contributed by atoms with E-state index < -0.39 is 5.91 Å². The second-order valence-electron chi connectivity index (χ2n) is 8.01. The number of imide groups is 1. The highest BCUT2D eigenvalue weighted by Gasteiger charge is 2.37. The van der Waals surface area contributed by atoms with E-state index in [9.17, 15) is 14.4 Å². The third-order valence-corrected chi connectivity index (χ3v) is 6.19. The summed E-state index contributed by atoms with van der Waals surface area (Å²) in [5.41, 5.74) is 2.08. The third kappa shape index (κ3) is 3.81. The fraction of sp³-hybridized carbons (Fsp3) is 0.250. The van der Waals surface area contributed by atoms with Gasteiger partial charge >= 0.3 is 0 Å². The Balaban J connectivity index is 1.39. The number of hydrogen-bond donors (Lipinski definition) is 1. The molecule has 5 rings (SSSR count). The Labute approximate surface area is 194 Å². The molecular formula is C24H20ClN3O5. The Bertz CT molecular complexity index is 1280. The maximum absolute atomic E-state index is 13.1. The number of anilines is 1. The Kier molecular flexibility index (Phi) is 5.47. The van der Waals surface area contributed by atoms with Crippen LogP contribution in [-0.2, 0) is 4.74 Å². The summed E-state index contributed by atoms with van der Waals surface area (Å²) < 4.78 is 10.8. The van der Waals surface area contributed by atoms with E-state index in [2.05, 4.69) is 10.5 Å². The van der Waals surface area contributed by atoms with E-state index in [-0.39, 0.29) is 35.6 Å². The molecule has 0 spiro atoms. The number of amides is 3. The molecule has 3 heterocycles. The van der Waals surface area contributed by atoms with Gasteiger partial charge in [-0.3, -0.25) is 19.3 Å². The van der Waals surface area contributed by atoms with Crippen LogP contribution >= 0.6 is 11.6 Å². The van der Waals surface area contributed by atoms with Gasteiger partial charge in [0.15, 0.2) is 0 Å². The fourth-order valence-corrected chi connectivity index (χ4v) is 4.42. The minimum Gasteiger partial charge on any atom is -0.376 e. The molecule has 1 N–H and O–H groups in total. The van der Waals surface area contributed by atoms with Crippen molar-refractivity contribution in [2.24, 2.45) is 0 Å². The molecule has 3 amide bonds. The molecule has 168 valence electrons. The van der Waals surface area contributed by atoms with Gasteiger partial charge in [0.25, 0.3) is 17.7 Å². The number of carbonyl (C=O) groups is 3. The fourth-order valence-electron chi connectivity index (χ4n) is 4.20. The van der Waals surface area contributed by atoms with Crippen LogP contribution in [0.2, 0.25) is 5.02 Å². The van der Waals surface area contributed by atoms with Crippen LogP contribution in [0, 0.1) is 6.92 Å². The lowest BCUT2D eigenvalue weighted by atomic mass is 10.0. The first kappa shape index (κ1) is 21.4. The summed E-state index contributed by atoms with van der Waals surface area (Å²) in [5.74, 6) is -0.868. The second kappa shape index (κ2) is 8.46. The number of benzene rings is 2. The lowest BCUT2D eigenvalue weighted by Crippen LogP contribution is -2.36. The molecule has 1 atom stereocenters. The van der Waals surface area contributed by atoms with E-state index in [0.717, 1.165) is 12.8 Å². The summed E-state index contributed by atoms with van der Waals surface area (Å²) in [4.78, 5) is 39.9. The Morgan fingerprint density at radius 3 is 2.70 bits per heavy atom. The van der Waals surface area contributed by atoms with Crippen LogP contribution in [0.5, 0.6) is 0 Å². The number of aromatic nitrogens is 1.